The van der Waals surface area contributed by atoms with E-state index in [9.17, 15) is 0 Å². The van der Waals surface area contributed by atoms with Crippen LogP contribution in [-0.2, 0) is 0 Å². The summed E-state index contributed by atoms with van der Waals surface area (Å²) in [6, 6.07) is 1.18. The fourth-order valence-electron chi connectivity index (χ4n) is 4.42. The van der Waals surface area contributed by atoms with E-state index in [1.807, 2.05) is 0 Å². The lowest BCUT2D eigenvalue weighted by molar-refractivity contribution is 0.0133. The van der Waals surface area contributed by atoms with Gasteiger partial charge in [0.05, 0.1) is 0 Å². The Morgan fingerprint density at radius 1 is 1.06 bits per heavy atom. The number of hydrogen-bond acceptors (Lipinski definition) is 2. The molecule has 0 spiro atoms. The van der Waals surface area contributed by atoms with Crippen molar-refractivity contribution in [1.29, 1.82) is 0 Å². The van der Waals surface area contributed by atoms with Crippen LogP contribution in [0.3, 0.4) is 0 Å². The molecule has 2 aliphatic rings. The molecular weight excluding hydrogens is 208 g/mol. The molecule has 1 atom stereocenters. The summed E-state index contributed by atoms with van der Waals surface area (Å²) >= 11 is 0. The first kappa shape index (κ1) is 13.4. The van der Waals surface area contributed by atoms with Crippen LogP contribution in [0.2, 0.25) is 0 Å². The lowest BCUT2D eigenvalue weighted by Gasteiger charge is -2.50. The monoisotopic (exact) mass is 238 g/mol. The van der Waals surface area contributed by atoms with Gasteiger partial charge >= 0.3 is 0 Å². The molecule has 0 radical (unpaired) electrons. The van der Waals surface area contributed by atoms with E-state index >= 15 is 0 Å². The van der Waals surface area contributed by atoms with Gasteiger partial charge in [-0.2, -0.15) is 0 Å². The quantitative estimate of drug-likeness (QED) is 0.761. The summed E-state index contributed by atoms with van der Waals surface area (Å²) in [5.41, 5.74) is 7.11. The van der Waals surface area contributed by atoms with Gasteiger partial charge in [-0.3, -0.25) is 4.90 Å². The second-order valence-electron chi connectivity index (χ2n) is 7.96. The third kappa shape index (κ3) is 3.45. The zero-order valence-electron chi connectivity index (χ0n) is 12.1. The highest BCUT2D eigenvalue weighted by Crippen LogP contribution is 2.47. The second kappa shape index (κ2) is 4.55. The molecule has 0 aromatic carbocycles. The Morgan fingerprint density at radius 2 is 1.65 bits per heavy atom. The van der Waals surface area contributed by atoms with E-state index in [0.29, 0.717) is 16.9 Å². The normalized spacial score (nSPS) is 34.8. The molecule has 100 valence electrons. The Bertz CT molecular complexity index is 254. The fourth-order valence-corrected chi connectivity index (χ4v) is 4.42. The summed E-state index contributed by atoms with van der Waals surface area (Å²) in [5, 5.41) is 0. The van der Waals surface area contributed by atoms with Gasteiger partial charge in [0.25, 0.3) is 0 Å². The highest BCUT2D eigenvalue weighted by Gasteiger charge is 2.41. The molecule has 2 rings (SSSR count). The number of piperidine rings is 1. The minimum atomic E-state index is 0.414. The summed E-state index contributed by atoms with van der Waals surface area (Å²) in [4.78, 5) is 2.68. The Hall–Kier alpha value is -0.0800. The van der Waals surface area contributed by atoms with Crippen molar-refractivity contribution in [3.8, 4) is 0 Å². The third-order valence-electron chi connectivity index (χ3n) is 4.54. The van der Waals surface area contributed by atoms with Crippen LogP contribution >= 0.6 is 0 Å². The molecule has 2 heteroatoms. The van der Waals surface area contributed by atoms with Gasteiger partial charge in [-0.1, -0.05) is 27.7 Å². The fraction of sp³-hybridized carbons (Fsp3) is 1.00. The van der Waals surface area contributed by atoms with Gasteiger partial charge in [0.15, 0.2) is 0 Å². The molecule has 1 saturated heterocycles. The zero-order valence-corrected chi connectivity index (χ0v) is 12.1. The first-order chi connectivity index (χ1) is 7.77. The summed E-state index contributed by atoms with van der Waals surface area (Å²) in [7, 11) is 0. The molecule has 1 unspecified atom stereocenters. The molecule has 1 saturated carbocycles. The van der Waals surface area contributed by atoms with Gasteiger partial charge in [0, 0.05) is 18.6 Å². The number of likely N-dealkylation sites (tertiary alicyclic amines) is 1. The Balaban J connectivity index is 2.04. The average molecular weight is 238 g/mol. The first-order valence-corrected chi connectivity index (χ1v) is 7.27. The molecule has 0 bridgehead atoms. The third-order valence-corrected chi connectivity index (χ3v) is 4.54. The lowest BCUT2D eigenvalue weighted by atomic mass is 9.63. The van der Waals surface area contributed by atoms with E-state index in [1.54, 1.807) is 0 Å². The van der Waals surface area contributed by atoms with Crippen LogP contribution < -0.4 is 5.73 Å². The average Bonchev–Trinajstić information content (AvgIpc) is 2.12. The Kier molecular flexibility index (Phi) is 3.57. The molecule has 1 heterocycles. The molecular formula is C15H30N2. The molecule has 2 fully saturated rings. The number of nitrogens with two attached hydrogens (primary N) is 1. The van der Waals surface area contributed by atoms with E-state index in [0.717, 1.165) is 12.6 Å². The Morgan fingerprint density at radius 3 is 2.18 bits per heavy atom. The van der Waals surface area contributed by atoms with Crippen molar-refractivity contribution in [2.45, 2.75) is 71.9 Å². The molecule has 1 aliphatic carbocycles. The van der Waals surface area contributed by atoms with Crippen LogP contribution in [0.4, 0.5) is 0 Å². The highest BCUT2D eigenvalue weighted by molar-refractivity contribution is 4.94. The van der Waals surface area contributed by atoms with Crippen molar-refractivity contribution in [2.24, 2.45) is 16.6 Å². The van der Waals surface area contributed by atoms with Crippen LogP contribution in [0.15, 0.2) is 0 Å². The maximum atomic E-state index is 6.13. The van der Waals surface area contributed by atoms with Crippen molar-refractivity contribution in [3.63, 3.8) is 0 Å². The maximum Gasteiger partial charge on any atom is 0.0168 e. The molecule has 17 heavy (non-hydrogen) atoms. The molecule has 2 nitrogen and oxygen atoms in total. The van der Waals surface area contributed by atoms with E-state index in [-0.39, 0.29) is 0 Å². The van der Waals surface area contributed by atoms with Gasteiger partial charge in [0.1, 0.15) is 0 Å². The largest absolute Gasteiger partial charge is 0.327 e. The minimum absolute atomic E-state index is 0.414. The second-order valence-corrected chi connectivity index (χ2v) is 7.96. The smallest absolute Gasteiger partial charge is 0.0168 e. The summed E-state index contributed by atoms with van der Waals surface area (Å²) in [6.07, 6.45) is 6.57. The Labute approximate surface area is 107 Å². The van der Waals surface area contributed by atoms with E-state index in [2.05, 4.69) is 32.6 Å². The first-order valence-electron chi connectivity index (χ1n) is 7.27. The van der Waals surface area contributed by atoms with Crippen LogP contribution in [-0.4, -0.2) is 30.1 Å². The van der Waals surface area contributed by atoms with Crippen LogP contribution in [0.25, 0.3) is 0 Å². The van der Waals surface area contributed by atoms with Crippen molar-refractivity contribution in [1.82, 2.24) is 4.90 Å². The summed E-state index contributed by atoms with van der Waals surface area (Å²) < 4.78 is 0. The highest BCUT2D eigenvalue weighted by atomic mass is 15.2. The van der Waals surface area contributed by atoms with Gasteiger partial charge in [0.2, 0.25) is 0 Å². The summed E-state index contributed by atoms with van der Waals surface area (Å²) in [5.74, 6) is 0. The van der Waals surface area contributed by atoms with E-state index in [4.69, 9.17) is 5.73 Å². The standard InChI is InChI=1S/C15H30N2/c1-14(2)8-13(9-15(3,4)11-14)17-7-5-6-12(16)10-17/h12-13H,5-11,16H2,1-4H3. The van der Waals surface area contributed by atoms with Crippen LogP contribution in [0.5, 0.6) is 0 Å². The molecule has 0 amide bonds. The van der Waals surface area contributed by atoms with Gasteiger partial charge in [-0.15, -0.1) is 0 Å². The predicted octanol–water partition coefficient (Wildman–Crippen LogP) is 3.01. The van der Waals surface area contributed by atoms with Crippen molar-refractivity contribution in [3.05, 3.63) is 0 Å². The number of rotatable bonds is 1. The van der Waals surface area contributed by atoms with Crippen molar-refractivity contribution < 1.29 is 0 Å². The number of nitrogens with zero attached hydrogens (tertiary/aromatic N) is 1. The van der Waals surface area contributed by atoms with E-state index in [1.165, 1.54) is 38.6 Å². The van der Waals surface area contributed by atoms with Crippen molar-refractivity contribution >= 4 is 0 Å². The maximum absolute atomic E-state index is 6.13. The van der Waals surface area contributed by atoms with Crippen LogP contribution in [0, 0.1) is 10.8 Å². The van der Waals surface area contributed by atoms with Gasteiger partial charge < -0.3 is 5.73 Å². The topological polar surface area (TPSA) is 29.3 Å². The molecule has 1 aliphatic heterocycles. The van der Waals surface area contributed by atoms with Crippen LogP contribution in [0.1, 0.15) is 59.8 Å². The van der Waals surface area contributed by atoms with E-state index < -0.39 is 0 Å². The predicted molar refractivity (Wildman–Crippen MR) is 74.0 cm³/mol. The zero-order chi connectivity index (χ0) is 12.7. The molecule has 2 N–H and O–H groups in total. The van der Waals surface area contributed by atoms with Crippen molar-refractivity contribution in [2.75, 3.05) is 13.1 Å². The van der Waals surface area contributed by atoms with Gasteiger partial charge in [-0.25, -0.2) is 0 Å². The summed E-state index contributed by atoms with van der Waals surface area (Å²) in [6.45, 7) is 12.1. The number of hydrogen-bond donors (Lipinski definition) is 1. The minimum Gasteiger partial charge on any atom is -0.327 e. The van der Waals surface area contributed by atoms with Gasteiger partial charge in [-0.05, 0) is 49.5 Å². The molecule has 0 aromatic heterocycles. The molecule has 0 aromatic rings. The lowest BCUT2D eigenvalue weighted by Crippen LogP contribution is -2.52. The SMILES string of the molecule is CC1(C)CC(N2CCCC(N)C2)CC(C)(C)C1.